The predicted molar refractivity (Wildman–Crippen MR) is 115 cm³/mol. The largest absolute Gasteiger partial charge is 0.504 e. The molecule has 0 saturated carbocycles. The Balaban J connectivity index is 0.000000214. The lowest BCUT2D eigenvalue weighted by Crippen LogP contribution is -2.21. The maximum atomic E-state index is 10.7. The summed E-state index contributed by atoms with van der Waals surface area (Å²) in [4.78, 5) is 10.7. The molecule has 0 amide bonds. The minimum Gasteiger partial charge on any atom is -0.504 e. The van der Waals surface area contributed by atoms with E-state index in [9.17, 15) is 9.90 Å². The van der Waals surface area contributed by atoms with Gasteiger partial charge in [0.2, 0.25) is 5.96 Å². The number of hydrogen-bond donors (Lipinski definition) is 4. The third-order valence-corrected chi connectivity index (χ3v) is 3.80. The number of aromatic hydroxyl groups is 1. The molecule has 2 aromatic carbocycles. The lowest BCUT2D eigenvalue weighted by molar-refractivity contribution is -0.136. The molecular formula is C21H23N5O4. The van der Waals surface area contributed by atoms with E-state index in [0.717, 1.165) is 16.8 Å². The van der Waals surface area contributed by atoms with Crippen LogP contribution in [-0.2, 0) is 11.2 Å². The molecule has 30 heavy (non-hydrogen) atoms. The number of aromatic nitrogens is 1. The Bertz CT molecular complexity index is 1030. The maximum Gasteiger partial charge on any atom is 0.307 e. The second-order valence-electron chi connectivity index (χ2n) is 5.99. The van der Waals surface area contributed by atoms with E-state index in [2.05, 4.69) is 10.2 Å². The average Bonchev–Trinajstić information content (AvgIpc) is 3.24. The summed E-state index contributed by atoms with van der Waals surface area (Å²) in [5.41, 5.74) is 12.6. The summed E-state index contributed by atoms with van der Waals surface area (Å²) in [5.74, 6) is -0.494. The number of carboxylic acid groups (broad SMARTS) is 1. The molecule has 9 heteroatoms. The van der Waals surface area contributed by atoms with Crippen LogP contribution in [0.5, 0.6) is 11.5 Å². The summed E-state index contributed by atoms with van der Waals surface area (Å²) >= 11 is 0. The molecule has 0 fully saturated rings. The zero-order valence-electron chi connectivity index (χ0n) is 16.3. The van der Waals surface area contributed by atoms with E-state index in [-0.39, 0.29) is 18.1 Å². The molecule has 0 radical (unpaired) electrons. The summed E-state index contributed by atoms with van der Waals surface area (Å²) in [5, 5.41) is 25.1. The van der Waals surface area contributed by atoms with Crippen molar-refractivity contribution < 1.29 is 19.7 Å². The van der Waals surface area contributed by atoms with Crippen molar-refractivity contribution >= 4 is 18.1 Å². The van der Waals surface area contributed by atoms with Crippen LogP contribution in [0.2, 0.25) is 0 Å². The molecule has 0 aliphatic carbocycles. The number of methoxy groups -OCH3 is 1. The van der Waals surface area contributed by atoms with Crippen molar-refractivity contribution in [1.29, 1.82) is 0 Å². The molecule has 0 unspecified atom stereocenters. The van der Waals surface area contributed by atoms with Crippen LogP contribution in [0, 0.1) is 0 Å². The van der Waals surface area contributed by atoms with Crippen molar-refractivity contribution in [2.24, 2.45) is 21.7 Å². The molecule has 0 aliphatic heterocycles. The number of carbonyl (C=O) groups is 1. The van der Waals surface area contributed by atoms with E-state index in [1.165, 1.54) is 19.4 Å². The average molecular weight is 409 g/mol. The number of phenols is 1. The van der Waals surface area contributed by atoms with Gasteiger partial charge in [0.05, 0.1) is 19.7 Å². The minimum absolute atomic E-state index is 0.0500. The lowest BCUT2D eigenvalue weighted by atomic mass is 10.1. The second kappa shape index (κ2) is 10.9. The highest BCUT2D eigenvalue weighted by Gasteiger charge is 2.06. The maximum absolute atomic E-state index is 10.7. The first kappa shape index (κ1) is 22.0. The first-order valence-electron chi connectivity index (χ1n) is 8.82. The first-order valence-corrected chi connectivity index (χ1v) is 8.82. The number of aliphatic carboxylic acids is 1. The van der Waals surface area contributed by atoms with Gasteiger partial charge in [-0.25, -0.2) is 0 Å². The van der Waals surface area contributed by atoms with Gasteiger partial charge in [-0.1, -0.05) is 18.2 Å². The van der Waals surface area contributed by atoms with E-state index in [4.69, 9.17) is 21.3 Å². The van der Waals surface area contributed by atoms with Crippen LogP contribution in [-0.4, -0.2) is 40.0 Å². The Labute approximate surface area is 173 Å². The number of benzene rings is 2. The fourth-order valence-electron chi connectivity index (χ4n) is 2.51. The van der Waals surface area contributed by atoms with Crippen molar-refractivity contribution in [2.45, 2.75) is 6.42 Å². The highest BCUT2D eigenvalue weighted by molar-refractivity contribution is 5.82. The standard InChI is InChI=1S/C12H11NO2.C9H12N4O2/c14-12(15)9-10-5-1-2-6-11(10)13-7-3-4-8-13;1-15-8-4-6(2-3-7(8)14)5-12-13-9(10)11/h1-8H,9H2,(H,14,15);2-5,14H,1H3,(H4,10,11,13). The quantitative estimate of drug-likeness (QED) is 0.278. The van der Waals surface area contributed by atoms with Crippen molar-refractivity contribution in [3.63, 3.8) is 0 Å². The molecule has 0 aliphatic rings. The topological polar surface area (TPSA) is 148 Å². The Morgan fingerprint density at radius 3 is 2.47 bits per heavy atom. The Morgan fingerprint density at radius 1 is 1.13 bits per heavy atom. The van der Waals surface area contributed by atoms with E-state index >= 15 is 0 Å². The molecule has 1 heterocycles. The summed E-state index contributed by atoms with van der Waals surface area (Å²) in [6.45, 7) is 0. The predicted octanol–water partition coefficient (Wildman–Crippen LogP) is 2.11. The van der Waals surface area contributed by atoms with E-state index in [0.29, 0.717) is 5.75 Å². The van der Waals surface area contributed by atoms with Crippen molar-refractivity contribution in [3.8, 4) is 17.2 Å². The van der Waals surface area contributed by atoms with Crippen LogP contribution in [0.1, 0.15) is 11.1 Å². The molecule has 3 aromatic rings. The van der Waals surface area contributed by atoms with Crippen molar-refractivity contribution in [3.05, 3.63) is 78.1 Å². The number of ether oxygens (including phenoxy) is 1. The Morgan fingerprint density at radius 2 is 1.83 bits per heavy atom. The Hall–Kier alpha value is -4.27. The van der Waals surface area contributed by atoms with Gasteiger partial charge in [-0.2, -0.15) is 5.10 Å². The normalized spacial score (nSPS) is 10.2. The van der Waals surface area contributed by atoms with Crippen molar-refractivity contribution in [2.75, 3.05) is 7.11 Å². The Kier molecular flexibility index (Phi) is 8.01. The SMILES string of the molecule is COc1cc(C=NN=C(N)N)ccc1O.O=C(O)Cc1ccccc1-n1cccc1. The van der Waals surface area contributed by atoms with Crippen LogP contribution in [0.4, 0.5) is 0 Å². The molecular weight excluding hydrogens is 386 g/mol. The van der Waals surface area contributed by atoms with Gasteiger partial charge in [0, 0.05) is 18.1 Å². The fraction of sp³-hybridized carbons (Fsp3) is 0.0952. The van der Waals surface area contributed by atoms with Crippen LogP contribution >= 0.6 is 0 Å². The van der Waals surface area contributed by atoms with Gasteiger partial charge in [0.15, 0.2) is 11.5 Å². The van der Waals surface area contributed by atoms with Gasteiger partial charge in [-0.05, 0) is 47.5 Å². The monoisotopic (exact) mass is 409 g/mol. The van der Waals surface area contributed by atoms with E-state index in [1.54, 1.807) is 12.1 Å². The highest BCUT2D eigenvalue weighted by atomic mass is 16.5. The number of nitrogens with zero attached hydrogens (tertiary/aromatic N) is 3. The summed E-state index contributed by atoms with van der Waals surface area (Å²) in [7, 11) is 1.46. The van der Waals surface area contributed by atoms with E-state index < -0.39 is 5.97 Å². The van der Waals surface area contributed by atoms with Gasteiger partial charge < -0.3 is 31.0 Å². The smallest absolute Gasteiger partial charge is 0.307 e. The fourth-order valence-corrected chi connectivity index (χ4v) is 2.51. The van der Waals surface area contributed by atoms with Gasteiger partial charge in [-0.3, -0.25) is 4.79 Å². The molecule has 9 nitrogen and oxygen atoms in total. The molecule has 0 spiro atoms. The molecule has 3 rings (SSSR count). The second-order valence-corrected chi connectivity index (χ2v) is 5.99. The zero-order valence-corrected chi connectivity index (χ0v) is 16.3. The molecule has 0 saturated heterocycles. The molecule has 6 N–H and O–H groups in total. The zero-order chi connectivity index (χ0) is 21.9. The number of nitrogens with two attached hydrogens (primary N) is 2. The third-order valence-electron chi connectivity index (χ3n) is 3.80. The van der Waals surface area contributed by atoms with Crippen LogP contribution in [0.15, 0.2) is 77.2 Å². The summed E-state index contributed by atoms with van der Waals surface area (Å²) < 4.78 is 6.83. The first-order chi connectivity index (χ1) is 14.4. The molecule has 0 atom stereocenters. The number of para-hydroxylation sites is 1. The number of rotatable bonds is 6. The molecule has 0 bridgehead atoms. The van der Waals surface area contributed by atoms with Gasteiger partial charge in [-0.15, -0.1) is 5.10 Å². The number of phenolic OH excluding ortho intramolecular Hbond substituents is 1. The van der Waals surface area contributed by atoms with Crippen LogP contribution < -0.4 is 16.2 Å². The minimum atomic E-state index is -0.811. The summed E-state index contributed by atoms with van der Waals surface area (Å²) in [6.07, 6.45) is 5.30. The van der Waals surface area contributed by atoms with Crippen LogP contribution in [0.25, 0.3) is 5.69 Å². The highest BCUT2D eigenvalue weighted by Crippen LogP contribution is 2.25. The van der Waals surface area contributed by atoms with E-state index in [1.807, 2.05) is 53.4 Å². The van der Waals surface area contributed by atoms with Gasteiger partial charge in [0.1, 0.15) is 0 Å². The van der Waals surface area contributed by atoms with Gasteiger partial charge in [0.25, 0.3) is 0 Å². The summed E-state index contributed by atoms with van der Waals surface area (Å²) in [6, 6.07) is 16.1. The van der Waals surface area contributed by atoms with Crippen LogP contribution in [0.3, 0.4) is 0 Å². The number of guanidine groups is 1. The van der Waals surface area contributed by atoms with Crippen molar-refractivity contribution in [1.82, 2.24) is 4.57 Å². The third kappa shape index (κ3) is 6.71. The van der Waals surface area contributed by atoms with Gasteiger partial charge >= 0.3 is 5.97 Å². The number of hydrogen-bond acceptors (Lipinski definition) is 5. The molecule has 1 aromatic heterocycles. The molecule has 156 valence electrons. The number of carboxylic acids is 1. The lowest BCUT2D eigenvalue weighted by Gasteiger charge is -2.08.